The van der Waals surface area contributed by atoms with Crippen LogP contribution in [0.1, 0.15) is 47.9 Å². The van der Waals surface area contributed by atoms with Gasteiger partial charge in [-0.3, -0.25) is 9.59 Å². The highest BCUT2D eigenvalue weighted by molar-refractivity contribution is 6.31. The fraction of sp³-hybridized carbons (Fsp3) is 0.294. The number of imide groups is 1. The van der Waals surface area contributed by atoms with Crippen molar-refractivity contribution in [2.45, 2.75) is 32.8 Å². The van der Waals surface area contributed by atoms with Crippen LogP contribution in [-0.4, -0.2) is 34.4 Å². The Hall–Kier alpha value is -2.96. The summed E-state index contributed by atoms with van der Waals surface area (Å²) in [6, 6.07) is 6.00. The summed E-state index contributed by atoms with van der Waals surface area (Å²) in [6.07, 6.45) is 0.346. The second-order valence-electron chi connectivity index (χ2n) is 6.11. The topological polar surface area (TPSA) is 90.0 Å². The number of amides is 2. The average molecular weight is 331 g/mol. The molecule has 0 unspecified atom stereocenters. The van der Waals surface area contributed by atoms with E-state index in [9.17, 15) is 19.2 Å². The maximum atomic E-state index is 12.1. The number of esters is 1. The third-order valence-corrected chi connectivity index (χ3v) is 3.19. The summed E-state index contributed by atoms with van der Waals surface area (Å²) in [4.78, 5) is 52.4. The van der Waals surface area contributed by atoms with Crippen LogP contribution in [0.25, 0.3) is 0 Å². The Morgan fingerprint density at radius 3 is 2.04 bits per heavy atom. The lowest BCUT2D eigenvalue weighted by atomic mass is 10.0. The zero-order valence-electron chi connectivity index (χ0n) is 13.6. The van der Waals surface area contributed by atoms with Crippen LogP contribution >= 0.6 is 0 Å². The molecule has 1 aromatic carbocycles. The first-order valence-electron chi connectivity index (χ1n) is 7.20. The minimum absolute atomic E-state index is 0.103. The highest BCUT2D eigenvalue weighted by atomic mass is 16.7. The Kier molecular flexibility index (Phi) is 4.54. The molecule has 0 aromatic heterocycles. The Balaban J connectivity index is 2.06. The predicted octanol–water partition coefficient (Wildman–Crippen LogP) is 2.03. The van der Waals surface area contributed by atoms with Crippen molar-refractivity contribution < 1.29 is 28.8 Å². The Morgan fingerprint density at radius 2 is 1.58 bits per heavy atom. The van der Waals surface area contributed by atoms with Gasteiger partial charge in [-0.15, -0.1) is 0 Å². The van der Waals surface area contributed by atoms with E-state index in [0.717, 1.165) is 5.57 Å². The molecule has 0 saturated carbocycles. The SMILES string of the molecule is C=C(C)CC(C)(C)OC(=O)C(=O)ON1C(=O)c2ccccc2C1=O. The molecule has 1 aromatic rings. The van der Waals surface area contributed by atoms with Gasteiger partial charge in [0.25, 0.3) is 11.8 Å². The van der Waals surface area contributed by atoms with Crippen LogP contribution in [0.2, 0.25) is 0 Å². The minimum Gasteiger partial charge on any atom is -0.451 e. The van der Waals surface area contributed by atoms with Gasteiger partial charge in [0.1, 0.15) is 5.60 Å². The lowest BCUT2D eigenvalue weighted by Crippen LogP contribution is -2.39. The first-order chi connectivity index (χ1) is 11.1. The standard InChI is InChI=1S/C17H17NO6/c1-10(2)9-17(3,4)23-15(21)16(22)24-18-13(19)11-7-5-6-8-12(11)14(18)20/h5-8H,1,9H2,2-4H3. The van der Waals surface area contributed by atoms with Gasteiger partial charge in [-0.25, -0.2) is 9.59 Å². The molecule has 126 valence electrons. The summed E-state index contributed by atoms with van der Waals surface area (Å²) in [5.41, 5.74) is 0.00304. The van der Waals surface area contributed by atoms with Gasteiger partial charge >= 0.3 is 11.9 Å². The molecule has 1 aliphatic heterocycles. The number of ether oxygens (including phenoxy) is 1. The van der Waals surface area contributed by atoms with Gasteiger partial charge in [-0.2, -0.15) is 0 Å². The number of hydrogen-bond acceptors (Lipinski definition) is 6. The van der Waals surface area contributed by atoms with Crippen molar-refractivity contribution >= 4 is 23.8 Å². The lowest BCUT2D eigenvalue weighted by Gasteiger charge is -2.24. The monoisotopic (exact) mass is 331 g/mol. The summed E-state index contributed by atoms with van der Waals surface area (Å²) in [7, 11) is 0. The van der Waals surface area contributed by atoms with Gasteiger partial charge in [0.2, 0.25) is 0 Å². The summed E-state index contributed by atoms with van der Waals surface area (Å²) in [5.74, 6) is -4.35. The molecule has 0 atom stereocenters. The Bertz CT molecular complexity index is 714. The summed E-state index contributed by atoms with van der Waals surface area (Å²) >= 11 is 0. The number of hydroxylamine groups is 2. The van der Waals surface area contributed by atoms with Gasteiger partial charge in [-0.1, -0.05) is 29.3 Å². The minimum atomic E-state index is -1.45. The summed E-state index contributed by atoms with van der Waals surface area (Å²) < 4.78 is 5.04. The molecule has 0 aliphatic carbocycles. The molecular formula is C17H17NO6. The van der Waals surface area contributed by atoms with Gasteiger partial charge in [0.15, 0.2) is 0 Å². The largest absolute Gasteiger partial charge is 0.451 e. The molecule has 0 N–H and O–H groups in total. The second kappa shape index (κ2) is 6.27. The molecular weight excluding hydrogens is 314 g/mol. The number of fused-ring (bicyclic) bond motifs is 1. The zero-order chi connectivity index (χ0) is 18.1. The molecule has 0 saturated heterocycles. The number of carbonyl (C=O) groups is 4. The molecule has 2 rings (SSSR count). The van der Waals surface area contributed by atoms with Crippen molar-refractivity contribution in [1.29, 1.82) is 0 Å². The predicted molar refractivity (Wildman–Crippen MR) is 82.6 cm³/mol. The highest BCUT2D eigenvalue weighted by Crippen LogP contribution is 2.23. The van der Waals surface area contributed by atoms with E-state index in [0.29, 0.717) is 6.42 Å². The number of benzene rings is 1. The first-order valence-corrected chi connectivity index (χ1v) is 7.20. The molecule has 2 amide bonds. The van der Waals surface area contributed by atoms with E-state index < -0.39 is 29.4 Å². The van der Waals surface area contributed by atoms with Crippen LogP contribution in [-0.2, 0) is 19.2 Å². The van der Waals surface area contributed by atoms with E-state index in [-0.39, 0.29) is 16.2 Å². The van der Waals surface area contributed by atoms with Crippen molar-refractivity contribution in [3.8, 4) is 0 Å². The molecule has 1 heterocycles. The maximum Gasteiger partial charge on any atom is 0.442 e. The fourth-order valence-corrected chi connectivity index (χ4v) is 2.43. The van der Waals surface area contributed by atoms with Crippen LogP contribution in [0.3, 0.4) is 0 Å². The van der Waals surface area contributed by atoms with E-state index in [1.165, 1.54) is 12.1 Å². The van der Waals surface area contributed by atoms with E-state index in [1.54, 1.807) is 32.9 Å². The lowest BCUT2D eigenvalue weighted by molar-refractivity contribution is -0.189. The number of nitrogens with zero attached hydrogens (tertiary/aromatic N) is 1. The van der Waals surface area contributed by atoms with Crippen molar-refractivity contribution in [1.82, 2.24) is 5.06 Å². The highest BCUT2D eigenvalue weighted by Gasteiger charge is 2.40. The molecule has 0 radical (unpaired) electrons. The van der Waals surface area contributed by atoms with Crippen LogP contribution in [0.15, 0.2) is 36.4 Å². The number of rotatable bonds is 4. The molecule has 7 heteroatoms. The van der Waals surface area contributed by atoms with Crippen LogP contribution in [0, 0.1) is 0 Å². The summed E-state index contributed by atoms with van der Waals surface area (Å²) in [6.45, 7) is 8.68. The third-order valence-electron chi connectivity index (χ3n) is 3.19. The quantitative estimate of drug-likeness (QED) is 0.363. The van der Waals surface area contributed by atoms with Gasteiger partial charge < -0.3 is 9.57 Å². The normalized spacial score (nSPS) is 13.5. The fourth-order valence-electron chi connectivity index (χ4n) is 2.43. The van der Waals surface area contributed by atoms with E-state index in [2.05, 4.69) is 11.4 Å². The zero-order valence-corrected chi connectivity index (χ0v) is 13.6. The number of carbonyl (C=O) groups excluding carboxylic acids is 4. The second-order valence-corrected chi connectivity index (χ2v) is 6.11. The first kappa shape index (κ1) is 17.4. The van der Waals surface area contributed by atoms with Crippen LogP contribution in [0.5, 0.6) is 0 Å². The van der Waals surface area contributed by atoms with Crippen molar-refractivity contribution in [2.24, 2.45) is 0 Å². The molecule has 7 nitrogen and oxygen atoms in total. The maximum absolute atomic E-state index is 12.1. The Labute approximate surface area is 138 Å². The van der Waals surface area contributed by atoms with Crippen LogP contribution < -0.4 is 0 Å². The van der Waals surface area contributed by atoms with Crippen LogP contribution in [0.4, 0.5) is 0 Å². The average Bonchev–Trinajstić information content (AvgIpc) is 2.71. The molecule has 0 bridgehead atoms. The third kappa shape index (κ3) is 3.51. The Morgan fingerprint density at radius 1 is 1.08 bits per heavy atom. The summed E-state index contributed by atoms with van der Waals surface area (Å²) in [5, 5.41) is 0.264. The number of hydrogen-bond donors (Lipinski definition) is 0. The van der Waals surface area contributed by atoms with Crippen molar-refractivity contribution in [2.75, 3.05) is 0 Å². The van der Waals surface area contributed by atoms with E-state index >= 15 is 0 Å². The van der Waals surface area contributed by atoms with Gasteiger partial charge in [0.05, 0.1) is 11.1 Å². The van der Waals surface area contributed by atoms with Gasteiger partial charge in [0, 0.05) is 6.42 Å². The van der Waals surface area contributed by atoms with E-state index in [1.807, 2.05) is 0 Å². The molecule has 24 heavy (non-hydrogen) atoms. The molecule has 0 fully saturated rings. The molecule has 1 aliphatic rings. The van der Waals surface area contributed by atoms with Crippen molar-refractivity contribution in [3.05, 3.63) is 47.5 Å². The van der Waals surface area contributed by atoms with Crippen molar-refractivity contribution in [3.63, 3.8) is 0 Å². The van der Waals surface area contributed by atoms with Gasteiger partial charge in [-0.05, 0) is 32.9 Å². The molecule has 0 spiro atoms. The smallest absolute Gasteiger partial charge is 0.442 e. The van der Waals surface area contributed by atoms with E-state index in [4.69, 9.17) is 4.74 Å².